The van der Waals surface area contributed by atoms with Crippen LogP contribution in [-0.4, -0.2) is 19.1 Å². The average Bonchev–Trinajstić information content (AvgIpc) is 2.56. The summed E-state index contributed by atoms with van der Waals surface area (Å²) in [7, 11) is 3.72. The van der Waals surface area contributed by atoms with E-state index in [9.17, 15) is 0 Å². The quantitative estimate of drug-likeness (QED) is 0.935. The minimum Gasteiger partial charge on any atom is -0.495 e. The molecule has 1 aromatic carbocycles. The topological polar surface area (TPSA) is 34.2 Å². The van der Waals surface area contributed by atoms with Crippen LogP contribution in [0.1, 0.15) is 29.3 Å². The Morgan fingerprint density at radius 2 is 2.00 bits per heavy atom. The van der Waals surface area contributed by atoms with Crippen LogP contribution in [0.25, 0.3) is 0 Å². The van der Waals surface area contributed by atoms with Crippen molar-refractivity contribution in [3.63, 3.8) is 0 Å². The number of hydrogen-bond donors (Lipinski definition) is 1. The Kier molecular flexibility index (Phi) is 4.20. The van der Waals surface area contributed by atoms with Crippen molar-refractivity contribution < 1.29 is 4.74 Å². The molecule has 3 heteroatoms. The Morgan fingerprint density at radius 1 is 1.19 bits per heavy atom. The Hall–Kier alpha value is -1.87. The molecule has 0 spiro atoms. The third-order valence-corrected chi connectivity index (χ3v) is 4.48. The first-order valence-electron chi connectivity index (χ1n) is 7.56. The monoisotopic (exact) mass is 282 g/mol. The van der Waals surface area contributed by atoms with Crippen LogP contribution < -0.4 is 10.1 Å². The summed E-state index contributed by atoms with van der Waals surface area (Å²) in [6, 6.07) is 12.9. The van der Waals surface area contributed by atoms with Crippen molar-refractivity contribution in [2.45, 2.75) is 25.3 Å². The van der Waals surface area contributed by atoms with Gasteiger partial charge in [-0.05, 0) is 55.5 Å². The molecule has 1 heterocycles. The Labute approximate surface area is 126 Å². The average molecular weight is 282 g/mol. The molecule has 0 radical (unpaired) electrons. The van der Waals surface area contributed by atoms with Gasteiger partial charge in [0, 0.05) is 6.20 Å². The van der Waals surface area contributed by atoms with Crippen LogP contribution in [0.15, 0.2) is 42.6 Å². The molecule has 1 aliphatic rings. The van der Waals surface area contributed by atoms with Gasteiger partial charge >= 0.3 is 0 Å². The molecule has 2 unspecified atom stereocenters. The summed E-state index contributed by atoms with van der Waals surface area (Å²) in [6.07, 6.45) is 5.27. The Morgan fingerprint density at radius 3 is 2.76 bits per heavy atom. The van der Waals surface area contributed by atoms with Gasteiger partial charge in [0.1, 0.15) is 5.75 Å². The lowest BCUT2D eigenvalue weighted by Crippen LogP contribution is -2.30. The molecule has 0 fully saturated rings. The first-order valence-corrected chi connectivity index (χ1v) is 7.56. The van der Waals surface area contributed by atoms with Crippen LogP contribution in [0.2, 0.25) is 0 Å². The van der Waals surface area contributed by atoms with Gasteiger partial charge in [0.2, 0.25) is 0 Å². The normalized spacial score (nSPS) is 18.9. The minimum atomic E-state index is 0.231. The summed E-state index contributed by atoms with van der Waals surface area (Å²) in [5.74, 6) is 1.42. The lowest BCUT2D eigenvalue weighted by Gasteiger charge is -2.31. The van der Waals surface area contributed by atoms with E-state index in [0.717, 1.165) is 24.3 Å². The number of aromatic nitrogens is 1. The van der Waals surface area contributed by atoms with Crippen LogP contribution in [0, 0.1) is 5.92 Å². The Balaban J connectivity index is 1.88. The summed E-state index contributed by atoms with van der Waals surface area (Å²) in [4.78, 5) is 4.56. The number of aryl methyl sites for hydroxylation is 1. The molecular weight excluding hydrogens is 260 g/mol. The van der Waals surface area contributed by atoms with Crippen molar-refractivity contribution in [1.82, 2.24) is 10.3 Å². The largest absolute Gasteiger partial charge is 0.495 e. The minimum absolute atomic E-state index is 0.231. The molecule has 1 N–H and O–H groups in total. The SMILES string of the molecule is CNC(c1ncccc1OC)C1CCc2ccccc2C1. The van der Waals surface area contributed by atoms with Crippen LogP contribution in [0.4, 0.5) is 0 Å². The van der Waals surface area contributed by atoms with Crippen LogP contribution in [0.5, 0.6) is 5.75 Å². The van der Waals surface area contributed by atoms with Gasteiger partial charge in [0.05, 0.1) is 18.8 Å². The number of ether oxygens (including phenoxy) is 1. The third kappa shape index (κ3) is 2.79. The first kappa shape index (κ1) is 14.1. The maximum absolute atomic E-state index is 5.49. The van der Waals surface area contributed by atoms with E-state index in [1.54, 1.807) is 7.11 Å². The van der Waals surface area contributed by atoms with Gasteiger partial charge in [0.25, 0.3) is 0 Å². The molecule has 21 heavy (non-hydrogen) atoms. The number of methoxy groups -OCH3 is 1. The summed E-state index contributed by atoms with van der Waals surface area (Å²) in [5.41, 5.74) is 3.99. The van der Waals surface area contributed by atoms with E-state index in [1.807, 2.05) is 25.4 Å². The summed E-state index contributed by atoms with van der Waals surface area (Å²) in [5, 5.41) is 3.45. The molecule has 3 rings (SSSR count). The highest BCUT2D eigenvalue weighted by atomic mass is 16.5. The number of rotatable bonds is 4. The maximum Gasteiger partial charge on any atom is 0.141 e. The number of benzene rings is 1. The molecule has 0 amide bonds. The second-order valence-electron chi connectivity index (χ2n) is 5.63. The molecule has 0 bridgehead atoms. The number of fused-ring (bicyclic) bond motifs is 1. The predicted molar refractivity (Wildman–Crippen MR) is 84.5 cm³/mol. The van der Waals surface area contributed by atoms with Gasteiger partial charge in [-0.2, -0.15) is 0 Å². The van der Waals surface area contributed by atoms with E-state index >= 15 is 0 Å². The fraction of sp³-hybridized carbons (Fsp3) is 0.389. The van der Waals surface area contributed by atoms with Crippen LogP contribution in [-0.2, 0) is 12.8 Å². The van der Waals surface area contributed by atoms with Gasteiger partial charge in [-0.25, -0.2) is 0 Å². The smallest absolute Gasteiger partial charge is 0.141 e. The van der Waals surface area contributed by atoms with Crippen LogP contribution >= 0.6 is 0 Å². The van der Waals surface area contributed by atoms with Gasteiger partial charge < -0.3 is 10.1 Å². The van der Waals surface area contributed by atoms with Gasteiger partial charge in [-0.15, -0.1) is 0 Å². The molecule has 0 saturated heterocycles. The van der Waals surface area contributed by atoms with Crippen molar-refractivity contribution >= 4 is 0 Å². The zero-order valence-corrected chi connectivity index (χ0v) is 12.7. The number of pyridine rings is 1. The van der Waals surface area contributed by atoms with Crippen molar-refractivity contribution in [3.8, 4) is 5.75 Å². The van der Waals surface area contributed by atoms with Crippen molar-refractivity contribution in [2.75, 3.05) is 14.2 Å². The van der Waals surface area contributed by atoms with Gasteiger partial charge in [-0.3, -0.25) is 4.98 Å². The highest BCUT2D eigenvalue weighted by molar-refractivity contribution is 5.33. The molecule has 0 aliphatic heterocycles. The van der Waals surface area contributed by atoms with E-state index < -0.39 is 0 Å². The van der Waals surface area contributed by atoms with Gasteiger partial charge in [0.15, 0.2) is 0 Å². The summed E-state index contributed by atoms with van der Waals surface area (Å²) >= 11 is 0. The number of hydrogen-bond acceptors (Lipinski definition) is 3. The van der Waals surface area contributed by atoms with E-state index in [-0.39, 0.29) is 6.04 Å². The predicted octanol–water partition coefficient (Wildman–Crippen LogP) is 3.16. The number of nitrogens with zero attached hydrogens (tertiary/aromatic N) is 1. The lowest BCUT2D eigenvalue weighted by atomic mass is 9.79. The third-order valence-electron chi connectivity index (χ3n) is 4.48. The van der Waals surface area contributed by atoms with Crippen molar-refractivity contribution in [2.24, 2.45) is 5.92 Å². The van der Waals surface area contributed by atoms with E-state index in [4.69, 9.17) is 4.74 Å². The summed E-state index contributed by atoms with van der Waals surface area (Å²) in [6.45, 7) is 0. The highest BCUT2D eigenvalue weighted by Crippen LogP contribution is 2.36. The standard InChI is InChI=1S/C18H22N2O/c1-19-17(18-16(21-2)8-5-11-20-18)15-10-9-13-6-3-4-7-14(13)12-15/h3-8,11,15,17,19H,9-10,12H2,1-2H3. The molecule has 2 aromatic rings. The molecular formula is C18H22N2O. The molecule has 2 atom stereocenters. The zero-order valence-electron chi connectivity index (χ0n) is 12.7. The first-order chi connectivity index (χ1) is 10.3. The molecule has 0 saturated carbocycles. The highest BCUT2D eigenvalue weighted by Gasteiger charge is 2.29. The van der Waals surface area contributed by atoms with E-state index in [2.05, 4.69) is 34.6 Å². The zero-order chi connectivity index (χ0) is 14.7. The van der Waals surface area contributed by atoms with E-state index in [1.165, 1.54) is 17.5 Å². The van der Waals surface area contributed by atoms with Gasteiger partial charge in [-0.1, -0.05) is 24.3 Å². The van der Waals surface area contributed by atoms with Crippen molar-refractivity contribution in [3.05, 3.63) is 59.4 Å². The number of nitrogens with one attached hydrogen (secondary N) is 1. The molecule has 3 nitrogen and oxygen atoms in total. The molecule has 1 aliphatic carbocycles. The van der Waals surface area contributed by atoms with Crippen molar-refractivity contribution in [1.29, 1.82) is 0 Å². The second-order valence-corrected chi connectivity index (χ2v) is 5.63. The molecule has 110 valence electrons. The van der Waals surface area contributed by atoms with Crippen LogP contribution in [0.3, 0.4) is 0 Å². The lowest BCUT2D eigenvalue weighted by molar-refractivity contribution is 0.320. The maximum atomic E-state index is 5.49. The fourth-order valence-corrected chi connectivity index (χ4v) is 3.42. The Bertz CT molecular complexity index is 612. The van der Waals surface area contributed by atoms with E-state index in [0.29, 0.717) is 5.92 Å². The molecule has 1 aromatic heterocycles. The summed E-state index contributed by atoms with van der Waals surface area (Å²) < 4.78 is 5.49. The fourth-order valence-electron chi connectivity index (χ4n) is 3.42. The second kappa shape index (κ2) is 6.27.